The van der Waals surface area contributed by atoms with E-state index in [0.717, 1.165) is 24.8 Å². The molecule has 0 atom stereocenters. The third kappa shape index (κ3) is 2.65. The zero-order valence-corrected chi connectivity index (χ0v) is 14.0. The first-order valence-electron chi connectivity index (χ1n) is 8.08. The van der Waals surface area contributed by atoms with Crippen LogP contribution in [0.25, 0.3) is 0 Å². The van der Waals surface area contributed by atoms with E-state index < -0.39 is 15.6 Å². The number of sulfonamides is 1. The highest BCUT2D eigenvalue weighted by Gasteiger charge is 2.42. The Hall–Kier alpha value is -2.05. The Bertz CT molecular complexity index is 845. The molecule has 0 radical (unpaired) electrons. The number of hydrogen-bond donors (Lipinski definition) is 1. The molecule has 2 aromatic carbocycles. The molecule has 1 aliphatic heterocycles. The molecule has 0 bridgehead atoms. The van der Waals surface area contributed by atoms with Gasteiger partial charge in [0.1, 0.15) is 13.2 Å². The van der Waals surface area contributed by atoms with Crippen LogP contribution in [0.5, 0.6) is 11.5 Å². The molecule has 0 amide bonds. The number of fused-ring (bicyclic) bond motifs is 1. The van der Waals surface area contributed by atoms with Crippen LogP contribution in [-0.2, 0) is 15.6 Å². The fourth-order valence-electron chi connectivity index (χ4n) is 3.24. The van der Waals surface area contributed by atoms with Crippen LogP contribution in [-0.4, -0.2) is 21.6 Å². The van der Waals surface area contributed by atoms with E-state index in [1.807, 2.05) is 30.3 Å². The summed E-state index contributed by atoms with van der Waals surface area (Å²) in [6, 6.07) is 14.5. The van der Waals surface area contributed by atoms with E-state index in [4.69, 9.17) is 9.47 Å². The normalized spacial score (nSPS) is 18.7. The first-order chi connectivity index (χ1) is 11.6. The smallest absolute Gasteiger partial charge is 0.241 e. The van der Waals surface area contributed by atoms with E-state index in [0.29, 0.717) is 24.7 Å². The Kier molecular flexibility index (Phi) is 3.73. The van der Waals surface area contributed by atoms with Gasteiger partial charge in [-0.3, -0.25) is 0 Å². The van der Waals surface area contributed by atoms with Crippen LogP contribution in [0.4, 0.5) is 0 Å². The minimum absolute atomic E-state index is 0.203. The molecule has 1 N–H and O–H groups in total. The fraction of sp³-hybridized carbons (Fsp3) is 0.333. The van der Waals surface area contributed by atoms with Gasteiger partial charge in [0.05, 0.1) is 10.4 Å². The van der Waals surface area contributed by atoms with Gasteiger partial charge in [0.2, 0.25) is 10.0 Å². The number of rotatable bonds is 4. The van der Waals surface area contributed by atoms with Crippen molar-refractivity contribution in [1.29, 1.82) is 0 Å². The van der Waals surface area contributed by atoms with E-state index in [2.05, 4.69) is 4.72 Å². The number of ether oxygens (including phenoxy) is 2. The molecule has 1 heterocycles. The lowest BCUT2D eigenvalue weighted by atomic mass is 9.73. The van der Waals surface area contributed by atoms with Crippen molar-refractivity contribution >= 4 is 10.0 Å². The first-order valence-corrected chi connectivity index (χ1v) is 9.57. The van der Waals surface area contributed by atoms with E-state index in [1.54, 1.807) is 12.1 Å². The molecule has 2 aliphatic rings. The van der Waals surface area contributed by atoms with Crippen molar-refractivity contribution in [2.24, 2.45) is 0 Å². The quantitative estimate of drug-likeness (QED) is 0.925. The minimum atomic E-state index is -3.65. The summed E-state index contributed by atoms with van der Waals surface area (Å²) in [5.74, 6) is 1.06. The highest BCUT2D eigenvalue weighted by molar-refractivity contribution is 7.89. The fourth-order valence-corrected chi connectivity index (χ4v) is 4.71. The molecule has 5 nitrogen and oxygen atoms in total. The van der Waals surface area contributed by atoms with E-state index in [-0.39, 0.29) is 4.90 Å². The van der Waals surface area contributed by atoms with Crippen molar-refractivity contribution in [3.63, 3.8) is 0 Å². The number of hydrogen-bond acceptors (Lipinski definition) is 4. The molecular formula is C18H19NO4S. The van der Waals surface area contributed by atoms with Crippen molar-refractivity contribution in [3.8, 4) is 11.5 Å². The van der Waals surface area contributed by atoms with Gasteiger partial charge in [-0.1, -0.05) is 30.3 Å². The molecule has 0 saturated heterocycles. The molecule has 0 aromatic heterocycles. The largest absolute Gasteiger partial charge is 0.486 e. The van der Waals surface area contributed by atoms with Gasteiger partial charge in [-0.15, -0.1) is 0 Å². The van der Waals surface area contributed by atoms with Crippen molar-refractivity contribution in [1.82, 2.24) is 4.72 Å². The Labute approximate surface area is 141 Å². The van der Waals surface area contributed by atoms with Gasteiger partial charge in [-0.05, 0) is 37.0 Å². The average Bonchev–Trinajstić information content (AvgIpc) is 2.58. The summed E-state index contributed by atoms with van der Waals surface area (Å²) < 4.78 is 39.7. The van der Waals surface area contributed by atoms with Crippen LogP contribution in [0.2, 0.25) is 0 Å². The lowest BCUT2D eigenvalue weighted by molar-refractivity contribution is 0.171. The topological polar surface area (TPSA) is 64.6 Å². The average molecular weight is 345 g/mol. The summed E-state index contributed by atoms with van der Waals surface area (Å²) >= 11 is 0. The first kappa shape index (κ1) is 15.5. The lowest BCUT2D eigenvalue weighted by Gasteiger charge is -2.42. The Morgan fingerprint density at radius 1 is 0.917 bits per heavy atom. The maximum absolute atomic E-state index is 12.9. The Morgan fingerprint density at radius 3 is 2.29 bits per heavy atom. The zero-order chi connectivity index (χ0) is 16.6. The minimum Gasteiger partial charge on any atom is -0.486 e. The molecule has 1 aliphatic carbocycles. The molecule has 0 unspecified atom stereocenters. The predicted molar refractivity (Wildman–Crippen MR) is 89.7 cm³/mol. The maximum Gasteiger partial charge on any atom is 0.241 e. The number of benzene rings is 2. The third-order valence-corrected chi connectivity index (χ3v) is 6.22. The number of nitrogens with one attached hydrogen (secondary N) is 1. The van der Waals surface area contributed by atoms with Crippen molar-refractivity contribution in [2.45, 2.75) is 29.7 Å². The van der Waals surface area contributed by atoms with Crippen LogP contribution in [0.1, 0.15) is 24.8 Å². The second-order valence-corrected chi connectivity index (χ2v) is 7.90. The second-order valence-electron chi connectivity index (χ2n) is 6.21. The Balaban J connectivity index is 1.66. The highest BCUT2D eigenvalue weighted by Crippen LogP contribution is 2.42. The molecule has 1 fully saturated rings. The zero-order valence-electron chi connectivity index (χ0n) is 13.2. The summed E-state index contributed by atoms with van der Waals surface area (Å²) in [5, 5.41) is 0. The van der Waals surface area contributed by atoms with Crippen molar-refractivity contribution in [2.75, 3.05) is 13.2 Å². The summed E-state index contributed by atoms with van der Waals surface area (Å²) in [7, 11) is -3.65. The molecule has 24 heavy (non-hydrogen) atoms. The SMILES string of the molecule is O=S(=O)(NC1(c2ccccc2)CCC1)c1ccc2c(c1)OCCO2. The maximum atomic E-state index is 12.9. The molecule has 2 aromatic rings. The van der Waals surface area contributed by atoms with Gasteiger partial charge < -0.3 is 9.47 Å². The lowest BCUT2D eigenvalue weighted by Crippen LogP contribution is -2.50. The van der Waals surface area contributed by atoms with Crippen molar-refractivity contribution < 1.29 is 17.9 Å². The second kappa shape index (κ2) is 5.79. The van der Waals surface area contributed by atoms with E-state index in [1.165, 1.54) is 6.07 Å². The van der Waals surface area contributed by atoms with E-state index in [9.17, 15) is 8.42 Å². The summed E-state index contributed by atoms with van der Waals surface area (Å²) in [6.45, 7) is 0.909. The Morgan fingerprint density at radius 2 is 1.62 bits per heavy atom. The van der Waals surface area contributed by atoms with E-state index >= 15 is 0 Å². The predicted octanol–water partition coefficient (Wildman–Crippen LogP) is 2.82. The molecule has 4 rings (SSSR count). The highest BCUT2D eigenvalue weighted by atomic mass is 32.2. The van der Waals surface area contributed by atoms with Crippen LogP contribution in [0.3, 0.4) is 0 Å². The van der Waals surface area contributed by atoms with Crippen LogP contribution in [0.15, 0.2) is 53.4 Å². The summed E-state index contributed by atoms with van der Waals surface area (Å²) in [6.07, 6.45) is 2.63. The van der Waals surface area contributed by atoms with Gasteiger partial charge >= 0.3 is 0 Å². The third-order valence-electron chi connectivity index (χ3n) is 4.69. The van der Waals surface area contributed by atoms with Crippen LogP contribution < -0.4 is 14.2 Å². The van der Waals surface area contributed by atoms with Gasteiger partial charge in [0, 0.05) is 6.07 Å². The summed E-state index contributed by atoms with van der Waals surface area (Å²) in [4.78, 5) is 0.203. The standard InChI is InChI=1S/C18H19NO4S/c20-24(21,15-7-8-16-17(13-15)23-12-11-22-16)19-18(9-4-10-18)14-5-2-1-3-6-14/h1-3,5-8,13,19H,4,9-12H2. The van der Waals surface area contributed by atoms with Crippen molar-refractivity contribution in [3.05, 3.63) is 54.1 Å². The van der Waals surface area contributed by atoms with Gasteiger partial charge in [-0.2, -0.15) is 0 Å². The molecule has 1 saturated carbocycles. The van der Waals surface area contributed by atoms with Gasteiger partial charge in [0.15, 0.2) is 11.5 Å². The molecule has 6 heteroatoms. The van der Waals surface area contributed by atoms with Crippen LogP contribution >= 0.6 is 0 Å². The van der Waals surface area contributed by atoms with Crippen LogP contribution in [0, 0.1) is 0 Å². The summed E-state index contributed by atoms with van der Waals surface area (Å²) in [5.41, 5.74) is 0.505. The molecule has 126 valence electrons. The molecular weight excluding hydrogens is 326 g/mol. The molecule has 0 spiro atoms. The van der Waals surface area contributed by atoms with Gasteiger partial charge in [-0.25, -0.2) is 13.1 Å². The monoisotopic (exact) mass is 345 g/mol. The van der Waals surface area contributed by atoms with Gasteiger partial charge in [0.25, 0.3) is 0 Å².